The largest absolute Gasteiger partial charge is 0.453 e. The Morgan fingerprint density at radius 1 is 0.839 bits per heavy atom. The zero-order valence-corrected chi connectivity index (χ0v) is 15.5. The van der Waals surface area contributed by atoms with Crippen molar-refractivity contribution < 1.29 is 48.1 Å². The molecule has 2 aromatic carbocycles. The summed E-state index contributed by atoms with van der Waals surface area (Å²) in [4.78, 5) is -1.57. The first-order valence-electron chi connectivity index (χ1n) is 7.87. The Morgan fingerprint density at radius 2 is 1.35 bits per heavy atom. The fourth-order valence-corrected chi connectivity index (χ4v) is 3.40. The molecule has 5 nitrogen and oxygen atoms in total. The average Bonchev–Trinajstić information content (AvgIpc) is 3.04. The maximum Gasteiger partial charge on any atom is 0.453 e. The molecule has 0 bridgehead atoms. The summed E-state index contributed by atoms with van der Waals surface area (Å²) in [6.45, 7) is 0. The van der Waals surface area contributed by atoms with Crippen LogP contribution in [0.25, 0.3) is 22.4 Å². The first kappa shape index (κ1) is 22.7. The fraction of sp³-hybridized carbons (Fsp3) is 0.118. The number of rotatable bonds is 3. The second-order valence-corrected chi connectivity index (χ2v) is 7.62. The highest BCUT2D eigenvalue weighted by Gasteiger charge is 2.41. The Morgan fingerprint density at radius 3 is 1.77 bits per heavy atom. The molecule has 0 saturated carbocycles. The molecule has 31 heavy (non-hydrogen) atoms. The predicted molar refractivity (Wildman–Crippen MR) is 88.7 cm³/mol. The van der Waals surface area contributed by atoms with E-state index in [4.69, 9.17) is 0 Å². The number of primary sulfonamides is 1. The summed E-state index contributed by atoms with van der Waals surface area (Å²) < 4.78 is 134. The highest BCUT2D eigenvalue weighted by atomic mass is 32.2. The van der Waals surface area contributed by atoms with Crippen LogP contribution in [0, 0.1) is 11.6 Å². The summed E-state index contributed by atoms with van der Waals surface area (Å²) in [7, 11) is -4.89. The van der Waals surface area contributed by atoms with Crippen LogP contribution in [0.3, 0.4) is 0 Å². The standard InChI is InChI=1S/C17H8F8N2O3S/c18-10-5-8(6-11(19)14(10)31(26,28)29)12-13(27-30-15(12)17(23,24)25)7-1-3-9(4-2-7)16(20,21)22/h1-6H,(H2,26,28,29). The Labute approximate surface area is 168 Å². The monoisotopic (exact) mass is 472 g/mol. The molecule has 166 valence electrons. The summed E-state index contributed by atoms with van der Waals surface area (Å²) in [5.41, 5.74) is -3.91. The van der Waals surface area contributed by atoms with Crippen molar-refractivity contribution in [3.63, 3.8) is 0 Å². The van der Waals surface area contributed by atoms with Crippen molar-refractivity contribution in [2.45, 2.75) is 17.2 Å². The van der Waals surface area contributed by atoms with Crippen molar-refractivity contribution in [3.8, 4) is 22.4 Å². The van der Waals surface area contributed by atoms with E-state index in [0.29, 0.717) is 12.1 Å². The van der Waals surface area contributed by atoms with Gasteiger partial charge in [0.05, 0.1) is 11.1 Å². The Kier molecular flexibility index (Phi) is 5.34. The van der Waals surface area contributed by atoms with Gasteiger partial charge in [0.2, 0.25) is 15.8 Å². The van der Waals surface area contributed by atoms with E-state index in [2.05, 4.69) is 14.8 Å². The van der Waals surface area contributed by atoms with Crippen molar-refractivity contribution in [1.82, 2.24) is 5.16 Å². The van der Waals surface area contributed by atoms with Crippen molar-refractivity contribution in [2.24, 2.45) is 5.14 Å². The van der Waals surface area contributed by atoms with Gasteiger partial charge in [-0.15, -0.1) is 0 Å². The van der Waals surface area contributed by atoms with Gasteiger partial charge in [-0.1, -0.05) is 17.3 Å². The Bertz CT molecular complexity index is 1220. The minimum Gasteiger partial charge on any atom is -0.350 e. The molecule has 2 N–H and O–H groups in total. The number of alkyl halides is 6. The number of nitrogens with zero attached hydrogens (tertiary/aromatic N) is 1. The molecule has 0 atom stereocenters. The quantitative estimate of drug-likeness (QED) is 0.546. The highest BCUT2D eigenvalue weighted by molar-refractivity contribution is 7.89. The number of nitrogens with two attached hydrogens (primary N) is 1. The van der Waals surface area contributed by atoms with E-state index in [-0.39, 0.29) is 17.7 Å². The lowest BCUT2D eigenvalue weighted by atomic mass is 9.98. The number of sulfonamides is 1. The molecule has 1 aromatic heterocycles. The van der Waals surface area contributed by atoms with E-state index >= 15 is 0 Å². The zero-order valence-electron chi connectivity index (χ0n) is 14.6. The van der Waals surface area contributed by atoms with Gasteiger partial charge in [0, 0.05) is 5.56 Å². The molecule has 0 unspecified atom stereocenters. The van der Waals surface area contributed by atoms with Crippen LogP contribution in [0.15, 0.2) is 45.8 Å². The molecular formula is C17H8F8N2O3S. The molecule has 0 fully saturated rings. The van der Waals surface area contributed by atoms with Crippen LogP contribution in [-0.2, 0) is 22.4 Å². The Hall–Kier alpha value is -3.00. The highest BCUT2D eigenvalue weighted by Crippen LogP contribution is 2.44. The van der Waals surface area contributed by atoms with E-state index in [1.54, 1.807) is 0 Å². The summed E-state index contributed by atoms with van der Waals surface area (Å²) in [5.74, 6) is -5.38. The molecule has 1 heterocycles. The van der Waals surface area contributed by atoms with Crippen LogP contribution in [0.2, 0.25) is 0 Å². The smallest absolute Gasteiger partial charge is 0.350 e. The normalized spacial score (nSPS) is 12.9. The van der Waals surface area contributed by atoms with Crippen LogP contribution in [0.1, 0.15) is 11.3 Å². The van der Waals surface area contributed by atoms with E-state index < -0.39 is 67.1 Å². The zero-order chi connectivity index (χ0) is 23.4. The number of hydrogen-bond acceptors (Lipinski definition) is 4. The second kappa shape index (κ2) is 7.30. The molecule has 0 amide bonds. The third kappa shape index (κ3) is 4.39. The van der Waals surface area contributed by atoms with Crippen molar-refractivity contribution in [2.75, 3.05) is 0 Å². The number of hydrogen-bond donors (Lipinski definition) is 1. The molecule has 14 heteroatoms. The maximum absolute atomic E-state index is 14.2. The fourth-order valence-electron chi connectivity index (χ4n) is 2.74. The molecule has 3 aromatic rings. The van der Waals surface area contributed by atoms with Crippen LogP contribution in [-0.4, -0.2) is 13.6 Å². The van der Waals surface area contributed by atoms with Crippen molar-refractivity contribution in [1.29, 1.82) is 0 Å². The van der Waals surface area contributed by atoms with Gasteiger partial charge in [-0.25, -0.2) is 22.3 Å². The summed E-state index contributed by atoms with van der Waals surface area (Å²) in [6.07, 6.45) is -9.93. The first-order chi connectivity index (χ1) is 14.1. The molecule has 0 radical (unpaired) electrons. The molecule has 0 spiro atoms. The summed E-state index contributed by atoms with van der Waals surface area (Å²) in [5, 5.41) is 7.87. The van der Waals surface area contributed by atoms with Gasteiger partial charge >= 0.3 is 12.4 Å². The van der Waals surface area contributed by atoms with Crippen molar-refractivity contribution >= 4 is 10.0 Å². The number of halogens is 8. The summed E-state index contributed by atoms with van der Waals surface area (Å²) in [6, 6.07) is 3.22. The van der Waals surface area contributed by atoms with Crippen LogP contribution in [0.5, 0.6) is 0 Å². The molecular weight excluding hydrogens is 464 g/mol. The van der Waals surface area contributed by atoms with Gasteiger partial charge in [-0.05, 0) is 29.8 Å². The van der Waals surface area contributed by atoms with E-state index in [1.807, 2.05) is 0 Å². The van der Waals surface area contributed by atoms with E-state index in [0.717, 1.165) is 12.1 Å². The lowest BCUT2D eigenvalue weighted by molar-refractivity contribution is -0.155. The molecule has 0 aliphatic rings. The van der Waals surface area contributed by atoms with E-state index in [1.165, 1.54) is 0 Å². The first-order valence-corrected chi connectivity index (χ1v) is 9.42. The van der Waals surface area contributed by atoms with Gasteiger partial charge in [0.1, 0.15) is 17.3 Å². The number of aromatic nitrogens is 1. The molecule has 3 rings (SSSR count). The van der Waals surface area contributed by atoms with Crippen LogP contribution in [0.4, 0.5) is 35.1 Å². The molecule has 0 aliphatic carbocycles. The number of benzene rings is 2. The lowest BCUT2D eigenvalue weighted by Gasteiger charge is -2.10. The summed E-state index contributed by atoms with van der Waals surface area (Å²) >= 11 is 0. The van der Waals surface area contributed by atoms with Gasteiger partial charge in [-0.3, -0.25) is 0 Å². The third-order valence-electron chi connectivity index (χ3n) is 4.01. The maximum atomic E-state index is 14.2. The minimum atomic E-state index is -5.21. The van der Waals surface area contributed by atoms with Gasteiger partial charge < -0.3 is 4.52 Å². The molecule has 0 aliphatic heterocycles. The minimum absolute atomic E-state index is 0.262. The second-order valence-electron chi connectivity index (χ2n) is 6.12. The Balaban J connectivity index is 2.27. The lowest BCUT2D eigenvalue weighted by Crippen LogP contribution is -2.16. The topological polar surface area (TPSA) is 86.2 Å². The van der Waals surface area contributed by atoms with Crippen LogP contribution < -0.4 is 5.14 Å². The van der Waals surface area contributed by atoms with Gasteiger partial charge in [-0.2, -0.15) is 26.3 Å². The average molecular weight is 472 g/mol. The molecule has 0 saturated heterocycles. The van der Waals surface area contributed by atoms with Crippen molar-refractivity contribution in [3.05, 3.63) is 59.4 Å². The predicted octanol–water partition coefficient (Wildman–Crippen LogP) is 4.97. The van der Waals surface area contributed by atoms with Crippen LogP contribution >= 0.6 is 0 Å². The van der Waals surface area contributed by atoms with Gasteiger partial charge in [0.25, 0.3) is 0 Å². The van der Waals surface area contributed by atoms with E-state index in [9.17, 15) is 43.5 Å². The SMILES string of the molecule is NS(=O)(=O)c1c(F)cc(-c2c(-c3ccc(C(F)(F)F)cc3)noc2C(F)(F)F)cc1F. The third-order valence-corrected chi connectivity index (χ3v) is 4.97. The van der Waals surface area contributed by atoms with Gasteiger partial charge in [0.15, 0.2) is 4.90 Å².